The predicted octanol–water partition coefficient (Wildman–Crippen LogP) is 12.5. The Kier molecular flexibility index (Phi) is 42.0. The average Bonchev–Trinajstić information content (AvgIpc) is 3.21. The summed E-state index contributed by atoms with van der Waals surface area (Å²) in [5.41, 5.74) is 0. The monoisotopic (exact) mass is 833 g/mol. The van der Waals surface area contributed by atoms with Gasteiger partial charge in [-0.05, 0) is 89.9 Å². The molecule has 3 N–H and O–H groups in total. The maximum atomic E-state index is 12.6. The summed E-state index contributed by atoms with van der Waals surface area (Å²) < 4.78 is 33.3. The maximum absolute atomic E-state index is 12.6. The van der Waals surface area contributed by atoms with Gasteiger partial charge < -0.3 is 24.6 Å². The molecular formula is C48H81O9P. The number of aliphatic hydroxyl groups is 2. The van der Waals surface area contributed by atoms with Crippen LogP contribution in [0, 0.1) is 0 Å². The van der Waals surface area contributed by atoms with E-state index in [0.29, 0.717) is 13.0 Å². The molecule has 0 aliphatic carbocycles. The highest BCUT2D eigenvalue weighted by Gasteiger charge is 2.26. The van der Waals surface area contributed by atoms with E-state index in [2.05, 4.69) is 111 Å². The molecule has 10 heteroatoms. The van der Waals surface area contributed by atoms with Crippen LogP contribution in [0.25, 0.3) is 0 Å². The van der Waals surface area contributed by atoms with E-state index in [1.54, 1.807) is 0 Å². The molecule has 0 saturated heterocycles. The molecule has 0 radical (unpaired) electrons. The standard InChI is InChI=1S/C48H81O9P/c1-3-5-7-9-11-13-15-17-18-19-20-21-22-23-24-25-26-27-29-31-33-35-37-39-41-54-44-47(45-56-58(52,53)55-43-46(50)42-49)57-48(51)40-38-36-34-32-30-28-16-14-12-10-8-6-4-2/h5-8,11-14,17-18,20-21,23-24,28,30,46-47,49-50H,3-4,9-10,15-16,19,22,25-27,29,31-45H2,1-2H3,(H,52,53)/b7-5-,8-6-,13-11-,14-12-,18-17-,21-20-,24-23-,30-28-. The van der Waals surface area contributed by atoms with Gasteiger partial charge >= 0.3 is 13.8 Å². The van der Waals surface area contributed by atoms with Gasteiger partial charge in [-0.15, -0.1) is 0 Å². The van der Waals surface area contributed by atoms with Crippen molar-refractivity contribution in [3.8, 4) is 0 Å². The highest BCUT2D eigenvalue weighted by Crippen LogP contribution is 2.43. The molecule has 0 aromatic carbocycles. The molecule has 0 aliphatic rings. The third kappa shape index (κ3) is 43.0. The van der Waals surface area contributed by atoms with Crippen LogP contribution in [0.5, 0.6) is 0 Å². The van der Waals surface area contributed by atoms with E-state index < -0.39 is 45.8 Å². The van der Waals surface area contributed by atoms with Crippen LogP contribution in [0.1, 0.15) is 155 Å². The van der Waals surface area contributed by atoms with Crippen molar-refractivity contribution in [3.63, 3.8) is 0 Å². The lowest BCUT2D eigenvalue weighted by Crippen LogP contribution is -2.29. The van der Waals surface area contributed by atoms with E-state index in [4.69, 9.17) is 23.6 Å². The average molecular weight is 833 g/mol. The zero-order valence-corrected chi connectivity index (χ0v) is 37.1. The van der Waals surface area contributed by atoms with Crippen molar-refractivity contribution >= 4 is 13.8 Å². The lowest BCUT2D eigenvalue weighted by atomic mass is 10.1. The van der Waals surface area contributed by atoms with Gasteiger partial charge in [0, 0.05) is 13.0 Å². The minimum atomic E-state index is -4.53. The van der Waals surface area contributed by atoms with Gasteiger partial charge in [-0.2, -0.15) is 0 Å². The van der Waals surface area contributed by atoms with Gasteiger partial charge in [0.2, 0.25) is 0 Å². The molecule has 0 spiro atoms. The highest BCUT2D eigenvalue weighted by molar-refractivity contribution is 7.47. The number of phosphoric ester groups is 1. The summed E-state index contributed by atoms with van der Waals surface area (Å²) in [6.07, 6.45) is 55.2. The number of phosphoric acid groups is 1. The minimum Gasteiger partial charge on any atom is -0.457 e. The minimum absolute atomic E-state index is 0.0248. The molecular weight excluding hydrogens is 751 g/mol. The molecule has 332 valence electrons. The van der Waals surface area contributed by atoms with Gasteiger partial charge in [-0.25, -0.2) is 4.57 Å². The molecule has 3 atom stereocenters. The number of rotatable bonds is 41. The summed E-state index contributed by atoms with van der Waals surface area (Å²) in [7, 11) is -4.53. The molecule has 0 aromatic heterocycles. The van der Waals surface area contributed by atoms with Crippen molar-refractivity contribution in [2.24, 2.45) is 0 Å². The van der Waals surface area contributed by atoms with Crippen molar-refractivity contribution < 1.29 is 43.0 Å². The topological polar surface area (TPSA) is 132 Å². The SMILES string of the molecule is CC/C=C\C/C=C\C/C=C\C/C=C\C/C=C\CCCCCCCCCCOCC(COP(=O)(O)OCC(O)CO)OC(=O)CCCCC/C=C\C/C=C\C/C=C\CC. The van der Waals surface area contributed by atoms with E-state index in [0.717, 1.165) is 96.3 Å². The second-order valence-corrected chi connectivity index (χ2v) is 15.8. The Labute approximate surface area is 353 Å². The number of aliphatic hydroxyl groups excluding tert-OH is 2. The fraction of sp³-hybridized carbons (Fsp3) is 0.646. The first-order chi connectivity index (χ1) is 28.3. The Hall–Kier alpha value is -2.62. The third-order valence-electron chi connectivity index (χ3n) is 8.77. The highest BCUT2D eigenvalue weighted by atomic mass is 31.2. The van der Waals surface area contributed by atoms with Crippen LogP contribution in [0.2, 0.25) is 0 Å². The third-order valence-corrected chi connectivity index (χ3v) is 9.72. The van der Waals surface area contributed by atoms with Gasteiger partial charge in [0.25, 0.3) is 0 Å². The lowest BCUT2D eigenvalue weighted by molar-refractivity contribution is -0.154. The fourth-order valence-electron chi connectivity index (χ4n) is 5.45. The first-order valence-corrected chi connectivity index (χ1v) is 23.7. The molecule has 0 fully saturated rings. The van der Waals surface area contributed by atoms with Crippen LogP contribution < -0.4 is 0 Å². The Morgan fingerprint density at radius 1 is 0.534 bits per heavy atom. The van der Waals surface area contributed by atoms with Crippen LogP contribution >= 0.6 is 7.82 Å². The Bertz CT molecular complexity index is 1220. The van der Waals surface area contributed by atoms with Gasteiger partial charge in [0.05, 0.1) is 26.4 Å². The summed E-state index contributed by atoms with van der Waals surface area (Å²) >= 11 is 0. The molecule has 0 amide bonds. The largest absolute Gasteiger partial charge is 0.472 e. The Balaban J connectivity index is 4.17. The van der Waals surface area contributed by atoms with Crippen LogP contribution in [0.3, 0.4) is 0 Å². The zero-order chi connectivity index (χ0) is 42.5. The Morgan fingerprint density at radius 3 is 1.40 bits per heavy atom. The van der Waals surface area contributed by atoms with Crippen molar-refractivity contribution in [3.05, 3.63) is 97.2 Å². The quantitative estimate of drug-likeness (QED) is 0.0238. The molecule has 0 aromatic rings. The summed E-state index contributed by atoms with van der Waals surface area (Å²) in [6, 6.07) is 0. The van der Waals surface area contributed by atoms with E-state index in [1.807, 2.05) is 0 Å². The van der Waals surface area contributed by atoms with Crippen LogP contribution in [0.15, 0.2) is 97.2 Å². The van der Waals surface area contributed by atoms with Gasteiger partial charge in [0.15, 0.2) is 0 Å². The van der Waals surface area contributed by atoms with Crippen molar-refractivity contribution in [2.45, 2.75) is 167 Å². The number of carbonyl (C=O) groups is 1. The normalized spacial score (nSPS) is 14.9. The number of unbranched alkanes of at least 4 members (excludes halogenated alkanes) is 11. The van der Waals surface area contributed by atoms with E-state index in [1.165, 1.54) is 32.1 Å². The first kappa shape index (κ1) is 55.4. The lowest BCUT2D eigenvalue weighted by Gasteiger charge is -2.20. The van der Waals surface area contributed by atoms with Crippen LogP contribution in [0.4, 0.5) is 0 Å². The van der Waals surface area contributed by atoms with Crippen LogP contribution in [-0.2, 0) is 27.9 Å². The maximum Gasteiger partial charge on any atom is 0.472 e. The van der Waals surface area contributed by atoms with E-state index >= 15 is 0 Å². The van der Waals surface area contributed by atoms with Crippen molar-refractivity contribution in [2.75, 3.05) is 33.0 Å². The van der Waals surface area contributed by atoms with E-state index in [-0.39, 0.29) is 13.0 Å². The van der Waals surface area contributed by atoms with E-state index in [9.17, 15) is 19.4 Å². The molecule has 0 rings (SSSR count). The van der Waals surface area contributed by atoms with Gasteiger partial charge in [0.1, 0.15) is 12.2 Å². The second-order valence-electron chi connectivity index (χ2n) is 14.3. The fourth-order valence-corrected chi connectivity index (χ4v) is 6.24. The number of carbonyl (C=O) groups excluding carboxylic acids is 1. The molecule has 0 saturated carbocycles. The molecule has 0 aliphatic heterocycles. The van der Waals surface area contributed by atoms with Crippen molar-refractivity contribution in [1.82, 2.24) is 0 Å². The Morgan fingerprint density at radius 2 is 0.931 bits per heavy atom. The summed E-state index contributed by atoms with van der Waals surface area (Å²) in [4.78, 5) is 22.6. The van der Waals surface area contributed by atoms with Crippen molar-refractivity contribution in [1.29, 1.82) is 0 Å². The zero-order valence-electron chi connectivity index (χ0n) is 36.2. The predicted molar refractivity (Wildman–Crippen MR) is 242 cm³/mol. The molecule has 9 nitrogen and oxygen atoms in total. The summed E-state index contributed by atoms with van der Waals surface area (Å²) in [6.45, 7) is 3.20. The number of ether oxygens (including phenoxy) is 2. The summed E-state index contributed by atoms with van der Waals surface area (Å²) in [5, 5.41) is 18.3. The molecule has 58 heavy (non-hydrogen) atoms. The number of allylic oxidation sites excluding steroid dienone is 16. The van der Waals surface area contributed by atoms with Crippen LogP contribution in [-0.4, -0.2) is 66.3 Å². The number of hydrogen-bond donors (Lipinski definition) is 3. The number of hydrogen-bond acceptors (Lipinski definition) is 8. The summed E-state index contributed by atoms with van der Waals surface area (Å²) in [5.74, 6) is -0.419. The van der Waals surface area contributed by atoms with Gasteiger partial charge in [-0.1, -0.05) is 156 Å². The first-order valence-electron chi connectivity index (χ1n) is 22.2. The molecule has 3 unspecified atom stereocenters. The molecule has 0 bridgehead atoms. The van der Waals surface area contributed by atoms with Gasteiger partial charge in [-0.3, -0.25) is 13.8 Å². The smallest absolute Gasteiger partial charge is 0.457 e. The number of esters is 1. The molecule has 0 heterocycles. The second kappa shape index (κ2) is 43.9.